The van der Waals surface area contributed by atoms with Crippen LogP contribution in [0.15, 0.2) is 18.3 Å². The first kappa shape index (κ1) is 10.8. The first-order valence-electron chi connectivity index (χ1n) is 6.27. The fourth-order valence-corrected chi connectivity index (χ4v) is 2.88. The number of hydrogen-bond acceptors (Lipinski definition) is 4. The van der Waals surface area contributed by atoms with Crippen molar-refractivity contribution in [2.24, 2.45) is 0 Å². The van der Waals surface area contributed by atoms with Crippen LogP contribution in [0.3, 0.4) is 0 Å². The van der Waals surface area contributed by atoms with Crippen LogP contribution >= 0.6 is 0 Å². The maximum Gasteiger partial charge on any atom is 0.257 e. The molecule has 17 heavy (non-hydrogen) atoms. The zero-order valence-electron chi connectivity index (χ0n) is 10.1. The quantitative estimate of drug-likeness (QED) is 0.863. The molecule has 0 radical (unpaired) electrons. The van der Waals surface area contributed by atoms with Gasteiger partial charge in [-0.05, 0) is 37.8 Å². The molecule has 3 heterocycles. The molecule has 2 bridgehead atoms. The van der Waals surface area contributed by atoms with Crippen molar-refractivity contribution in [2.75, 3.05) is 7.11 Å². The zero-order valence-corrected chi connectivity index (χ0v) is 10.1. The summed E-state index contributed by atoms with van der Waals surface area (Å²) in [6.07, 6.45) is 6.74. The number of piperidine rings is 1. The standard InChI is InChI=1S/C13H18N2O2/c1-16-12-3-2-6-14-13(12)17-11-7-9-4-5-10(8-11)15-9/h2-3,6,9-11,15H,4-5,7-8H2,1H3/t9-,10+,11?/i1-1. The first-order valence-corrected chi connectivity index (χ1v) is 6.27. The Morgan fingerprint density at radius 1 is 1.29 bits per heavy atom. The number of aromatic nitrogens is 1. The minimum absolute atomic E-state index is 0.276. The molecule has 0 saturated carbocycles. The van der Waals surface area contributed by atoms with Crippen molar-refractivity contribution in [2.45, 2.75) is 43.9 Å². The fraction of sp³-hybridized carbons (Fsp3) is 0.615. The van der Waals surface area contributed by atoms with E-state index in [2.05, 4.69) is 10.3 Å². The summed E-state index contributed by atoms with van der Waals surface area (Å²) in [4.78, 5) is 4.25. The van der Waals surface area contributed by atoms with E-state index in [4.69, 9.17) is 9.47 Å². The summed E-state index contributed by atoms with van der Waals surface area (Å²) >= 11 is 0. The van der Waals surface area contributed by atoms with Crippen LogP contribution in [0.5, 0.6) is 11.6 Å². The van der Waals surface area contributed by atoms with Crippen molar-refractivity contribution in [1.82, 2.24) is 10.3 Å². The van der Waals surface area contributed by atoms with Gasteiger partial charge in [0.05, 0.1) is 7.11 Å². The minimum Gasteiger partial charge on any atom is -0.491 e. The van der Waals surface area contributed by atoms with E-state index < -0.39 is 0 Å². The highest BCUT2D eigenvalue weighted by atomic mass is 16.5. The monoisotopic (exact) mass is 233 g/mol. The van der Waals surface area contributed by atoms with Gasteiger partial charge in [-0.2, -0.15) is 0 Å². The zero-order chi connectivity index (χ0) is 11.7. The van der Waals surface area contributed by atoms with Crippen molar-refractivity contribution < 1.29 is 9.47 Å². The maximum absolute atomic E-state index is 5.98. The first-order chi connectivity index (χ1) is 8.35. The summed E-state index contributed by atoms with van der Waals surface area (Å²) in [5.41, 5.74) is 0. The molecule has 4 heteroatoms. The summed E-state index contributed by atoms with van der Waals surface area (Å²) in [6.45, 7) is 0. The molecule has 0 aliphatic carbocycles. The smallest absolute Gasteiger partial charge is 0.257 e. The Balaban J connectivity index is 1.70. The van der Waals surface area contributed by atoms with Gasteiger partial charge in [-0.1, -0.05) is 0 Å². The van der Waals surface area contributed by atoms with E-state index in [9.17, 15) is 0 Å². The Hall–Kier alpha value is -1.29. The maximum atomic E-state index is 5.98. The van der Waals surface area contributed by atoms with Gasteiger partial charge in [-0.15, -0.1) is 0 Å². The van der Waals surface area contributed by atoms with E-state index in [0.717, 1.165) is 18.6 Å². The molecule has 4 nitrogen and oxygen atoms in total. The molecule has 3 atom stereocenters. The van der Waals surface area contributed by atoms with Crippen molar-refractivity contribution in [3.63, 3.8) is 0 Å². The van der Waals surface area contributed by atoms with Gasteiger partial charge in [0.2, 0.25) is 0 Å². The molecule has 1 unspecified atom stereocenters. The van der Waals surface area contributed by atoms with Crippen molar-refractivity contribution in [1.29, 1.82) is 0 Å². The van der Waals surface area contributed by atoms with Gasteiger partial charge < -0.3 is 14.8 Å². The highest BCUT2D eigenvalue weighted by Gasteiger charge is 2.34. The van der Waals surface area contributed by atoms with E-state index in [-0.39, 0.29) is 6.10 Å². The molecule has 92 valence electrons. The van der Waals surface area contributed by atoms with Crippen LogP contribution in [-0.2, 0) is 0 Å². The Labute approximate surface area is 101 Å². The van der Waals surface area contributed by atoms with Crippen molar-refractivity contribution in [3.05, 3.63) is 18.3 Å². The van der Waals surface area contributed by atoms with E-state index in [0.29, 0.717) is 18.0 Å². The lowest BCUT2D eigenvalue weighted by atomic mass is 10.0. The van der Waals surface area contributed by atoms with Crippen LogP contribution < -0.4 is 14.8 Å². The van der Waals surface area contributed by atoms with Crippen LogP contribution in [-0.4, -0.2) is 30.3 Å². The third kappa shape index (κ3) is 2.22. The molecule has 0 aromatic carbocycles. The van der Waals surface area contributed by atoms with E-state index in [1.165, 1.54) is 12.8 Å². The molecular formula is C13H18N2O2. The lowest BCUT2D eigenvalue weighted by Crippen LogP contribution is -2.42. The van der Waals surface area contributed by atoms with Gasteiger partial charge in [0.25, 0.3) is 5.88 Å². The number of fused-ring (bicyclic) bond motifs is 2. The molecule has 2 fully saturated rings. The lowest BCUT2D eigenvalue weighted by molar-refractivity contribution is 0.127. The van der Waals surface area contributed by atoms with E-state index in [1.807, 2.05) is 12.1 Å². The summed E-state index contributed by atoms with van der Waals surface area (Å²) in [6, 6.07) is 5.01. The van der Waals surface area contributed by atoms with Gasteiger partial charge in [0, 0.05) is 18.3 Å². The highest BCUT2D eigenvalue weighted by molar-refractivity contribution is 5.32. The summed E-state index contributed by atoms with van der Waals surface area (Å²) < 4.78 is 11.2. The number of nitrogens with zero attached hydrogens (tertiary/aromatic N) is 1. The van der Waals surface area contributed by atoms with Crippen molar-refractivity contribution in [3.8, 4) is 11.6 Å². The molecule has 2 aliphatic rings. The van der Waals surface area contributed by atoms with Gasteiger partial charge >= 0.3 is 0 Å². The Bertz CT molecular complexity index is 385. The Kier molecular flexibility index (Phi) is 2.89. The topological polar surface area (TPSA) is 43.4 Å². The molecular weight excluding hydrogens is 215 g/mol. The molecule has 1 aromatic heterocycles. The number of ether oxygens (including phenoxy) is 2. The Morgan fingerprint density at radius 3 is 2.76 bits per heavy atom. The molecule has 3 rings (SSSR count). The largest absolute Gasteiger partial charge is 0.491 e. The number of hydrogen-bond donors (Lipinski definition) is 1. The van der Waals surface area contributed by atoms with Crippen LogP contribution in [0.4, 0.5) is 0 Å². The minimum atomic E-state index is 0.276. The average Bonchev–Trinajstić information content (AvgIpc) is 2.69. The second kappa shape index (κ2) is 4.53. The molecule has 1 N–H and O–H groups in total. The molecule has 0 spiro atoms. The fourth-order valence-electron chi connectivity index (χ4n) is 2.88. The summed E-state index contributed by atoms with van der Waals surface area (Å²) in [5.74, 6) is 1.35. The lowest BCUT2D eigenvalue weighted by Gasteiger charge is -2.29. The normalized spacial score (nSPS) is 31.2. The van der Waals surface area contributed by atoms with Gasteiger partial charge in [0.15, 0.2) is 5.75 Å². The second-order valence-electron chi connectivity index (χ2n) is 4.86. The second-order valence-corrected chi connectivity index (χ2v) is 4.86. The number of methoxy groups -OCH3 is 1. The van der Waals surface area contributed by atoms with Gasteiger partial charge in [-0.25, -0.2) is 4.98 Å². The van der Waals surface area contributed by atoms with Gasteiger partial charge in [0.1, 0.15) is 6.10 Å². The molecule has 2 aliphatic heterocycles. The third-order valence-corrected chi connectivity index (χ3v) is 3.66. The van der Waals surface area contributed by atoms with Gasteiger partial charge in [-0.3, -0.25) is 0 Å². The highest BCUT2D eigenvalue weighted by Crippen LogP contribution is 2.31. The van der Waals surface area contributed by atoms with Crippen LogP contribution in [0.25, 0.3) is 0 Å². The summed E-state index contributed by atoms with van der Waals surface area (Å²) in [7, 11) is 1.65. The molecule has 2 saturated heterocycles. The number of nitrogens with one attached hydrogen (secondary N) is 1. The third-order valence-electron chi connectivity index (χ3n) is 3.66. The van der Waals surface area contributed by atoms with E-state index >= 15 is 0 Å². The number of rotatable bonds is 3. The average molecular weight is 233 g/mol. The molecule has 0 amide bonds. The Morgan fingerprint density at radius 2 is 2.06 bits per heavy atom. The van der Waals surface area contributed by atoms with Crippen LogP contribution in [0.1, 0.15) is 25.7 Å². The number of pyridine rings is 1. The SMILES string of the molecule is [11CH3]Oc1cccnc1OC1C[C@H]2CC[C@@H](C1)N2. The van der Waals surface area contributed by atoms with Crippen LogP contribution in [0.2, 0.25) is 0 Å². The molecule has 1 aromatic rings. The predicted octanol–water partition coefficient (Wildman–Crippen LogP) is 1.75. The summed E-state index contributed by atoms with van der Waals surface area (Å²) in [5, 5.41) is 3.60. The van der Waals surface area contributed by atoms with E-state index in [1.54, 1.807) is 13.3 Å². The predicted molar refractivity (Wildman–Crippen MR) is 64.4 cm³/mol. The van der Waals surface area contributed by atoms with Crippen molar-refractivity contribution >= 4 is 0 Å². The van der Waals surface area contributed by atoms with Crippen LogP contribution in [0, 0.1) is 0 Å².